The molecule has 0 bridgehead atoms. The van der Waals surface area contributed by atoms with Crippen molar-refractivity contribution in [3.8, 4) is 11.1 Å². The van der Waals surface area contributed by atoms with Crippen LogP contribution in [-0.4, -0.2) is 51.1 Å². The third kappa shape index (κ3) is 5.22. The normalized spacial score (nSPS) is 15.8. The lowest BCUT2D eigenvalue weighted by Crippen LogP contribution is -2.32. The summed E-state index contributed by atoms with van der Waals surface area (Å²) in [5, 5.41) is 0. The van der Waals surface area contributed by atoms with Crippen molar-refractivity contribution in [2.24, 2.45) is 0 Å². The zero-order valence-corrected chi connectivity index (χ0v) is 19.3. The van der Waals surface area contributed by atoms with Crippen LogP contribution in [0.25, 0.3) is 11.1 Å². The minimum Gasteiger partial charge on any atom is -0.368 e. The molecule has 1 atom stereocenters. The zero-order chi connectivity index (χ0) is 23.5. The predicted octanol–water partition coefficient (Wildman–Crippen LogP) is 5.22. The molecule has 3 aromatic carbocycles. The van der Waals surface area contributed by atoms with Gasteiger partial charge in [-0.3, -0.25) is 4.79 Å². The van der Waals surface area contributed by atoms with Crippen molar-refractivity contribution < 1.29 is 15.0 Å². The van der Waals surface area contributed by atoms with E-state index in [-0.39, 0.29) is 25.4 Å². The summed E-state index contributed by atoms with van der Waals surface area (Å²) in [7, 11) is 5.76. The van der Waals surface area contributed by atoms with E-state index in [1.807, 2.05) is 38.4 Å². The monoisotopic (exact) mass is 451 g/mol. The third-order valence-corrected chi connectivity index (χ3v) is 6.41. The Morgan fingerprint density at radius 2 is 1.61 bits per heavy atom. The van der Waals surface area contributed by atoms with Gasteiger partial charge >= 0.3 is 0 Å². The van der Waals surface area contributed by atoms with Crippen LogP contribution >= 0.6 is 0 Å². The Hall–Kier alpha value is -3.25. The fourth-order valence-corrected chi connectivity index (χ4v) is 4.24. The van der Waals surface area contributed by atoms with E-state index in [1.165, 1.54) is 23.1 Å². The van der Waals surface area contributed by atoms with Crippen molar-refractivity contribution in [1.29, 1.82) is 0 Å². The Balaban J connectivity index is 0.00000324. The molecule has 1 unspecified atom stereocenters. The lowest BCUT2D eigenvalue weighted by Gasteiger charge is -2.23. The van der Waals surface area contributed by atoms with Crippen molar-refractivity contribution in [1.82, 2.24) is 4.90 Å². The average Bonchev–Trinajstić information content (AvgIpc) is 3.30. The van der Waals surface area contributed by atoms with Crippen LogP contribution in [0.1, 0.15) is 13.4 Å². The summed E-state index contributed by atoms with van der Waals surface area (Å²) in [5.41, 5.74) is 3.85. The molecule has 1 aliphatic heterocycles. The first-order chi connectivity index (χ1) is 15.8. The lowest BCUT2D eigenvalue weighted by molar-refractivity contribution is -0.117. The molecule has 0 aromatic heterocycles. The number of hydrogen-bond donors (Lipinski definition) is 0. The predicted molar refractivity (Wildman–Crippen MR) is 132 cm³/mol. The molecule has 3 aromatic rings. The van der Waals surface area contributed by atoms with E-state index in [0.29, 0.717) is 17.4 Å². The second-order valence-corrected chi connectivity index (χ2v) is 8.82. The van der Waals surface area contributed by atoms with Crippen LogP contribution in [0.4, 0.5) is 20.2 Å². The maximum absolute atomic E-state index is 14.9. The first-order valence-corrected chi connectivity index (χ1v) is 11.1. The van der Waals surface area contributed by atoms with Crippen LogP contribution in [0.3, 0.4) is 0 Å². The molecule has 0 aliphatic carbocycles. The van der Waals surface area contributed by atoms with Crippen molar-refractivity contribution in [3.63, 3.8) is 0 Å². The number of amides is 1. The first-order valence-electron chi connectivity index (χ1n) is 11.1. The van der Waals surface area contributed by atoms with Crippen LogP contribution in [-0.2, 0) is 11.2 Å². The van der Waals surface area contributed by atoms with E-state index in [4.69, 9.17) is 0 Å². The molecule has 0 radical (unpaired) electrons. The Bertz CT molecular complexity index is 1120. The van der Waals surface area contributed by atoms with Crippen LogP contribution in [0, 0.1) is 11.6 Å². The van der Waals surface area contributed by atoms with Gasteiger partial charge in [0, 0.05) is 33.3 Å². The van der Waals surface area contributed by atoms with Gasteiger partial charge in [-0.15, -0.1) is 0 Å². The molecule has 1 heterocycles. The molecule has 1 amide bonds. The van der Waals surface area contributed by atoms with Crippen molar-refractivity contribution in [2.45, 2.75) is 18.9 Å². The Morgan fingerprint density at radius 3 is 2.18 bits per heavy atom. The lowest BCUT2D eigenvalue weighted by atomic mass is 10.0. The van der Waals surface area contributed by atoms with Crippen molar-refractivity contribution in [3.05, 3.63) is 83.9 Å². The largest absolute Gasteiger partial charge is 0.368 e. The number of halogens is 2. The van der Waals surface area contributed by atoms with Gasteiger partial charge in [0.15, 0.2) is 0 Å². The second-order valence-electron chi connectivity index (χ2n) is 8.82. The number of benzene rings is 3. The standard InChI is InChI=1S/C27H29F2N3O.H2/c1-30(2)24-14-15-32(18-24)26-13-12-23(17-25(26)29)31(3)27(33)16-19-4-6-20(7-5-19)21-8-10-22(28)11-9-21;/h4-13,17,24H,14-16,18H2,1-3H3;1H. The van der Waals surface area contributed by atoms with Crippen LogP contribution < -0.4 is 9.80 Å². The van der Waals surface area contributed by atoms with Gasteiger partial charge < -0.3 is 14.7 Å². The van der Waals surface area contributed by atoms with Crippen molar-refractivity contribution in [2.75, 3.05) is 44.0 Å². The van der Waals surface area contributed by atoms with Gasteiger partial charge in [-0.25, -0.2) is 8.78 Å². The molecular weight excluding hydrogens is 420 g/mol. The second kappa shape index (κ2) is 9.71. The van der Waals surface area contributed by atoms with E-state index in [0.717, 1.165) is 36.2 Å². The molecule has 0 N–H and O–H groups in total. The number of carbonyl (C=O) groups excluding carboxylic acids is 1. The Labute approximate surface area is 195 Å². The maximum Gasteiger partial charge on any atom is 0.231 e. The van der Waals surface area contributed by atoms with Gasteiger partial charge in [0.1, 0.15) is 11.6 Å². The number of hydrogen-bond acceptors (Lipinski definition) is 3. The molecule has 4 nitrogen and oxygen atoms in total. The fourth-order valence-electron chi connectivity index (χ4n) is 4.24. The van der Waals surface area contributed by atoms with Crippen molar-refractivity contribution >= 4 is 17.3 Å². The zero-order valence-electron chi connectivity index (χ0n) is 19.3. The highest BCUT2D eigenvalue weighted by Crippen LogP contribution is 2.28. The smallest absolute Gasteiger partial charge is 0.231 e. The van der Waals surface area contributed by atoms with E-state index < -0.39 is 0 Å². The summed E-state index contributed by atoms with van der Waals surface area (Å²) in [6, 6.07) is 19.4. The summed E-state index contributed by atoms with van der Waals surface area (Å²) >= 11 is 0. The van der Waals surface area contributed by atoms with Gasteiger partial charge in [0.25, 0.3) is 0 Å². The van der Waals surface area contributed by atoms with E-state index >= 15 is 0 Å². The topological polar surface area (TPSA) is 26.8 Å². The quantitative estimate of drug-likeness (QED) is 0.514. The highest BCUT2D eigenvalue weighted by atomic mass is 19.1. The molecule has 0 spiro atoms. The molecule has 0 saturated carbocycles. The number of carbonyl (C=O) groups is 1. The SMILES string of the molecule is CN(C(=O)Cc1ccc(-c2ccc(F)cc2)cc1)c1ccc(N2CCC(N(C)C)C2)c(F)c1.[HH]. The number of nitrogens with zero attached hydrogens (tertiary/aromatic N) is 3. The molecule has 174 valence electrons. The van der Waals surface area contributed by atoms with Gasteiger partial charge in [0.05, 0.1) is 12.1 Å². The fraction of sp³-hybridized carbons (Fsp3) is 0.296. The van der Waals surface area contributed by atoms with E-state index in [9.17, 15) is 13.6 Å². The summed E-state index contributed by atoms with van der Waals surface area (Å²) < 4.78 is 28.0. The molecule has 33 heavy (non-hydrogen) atoms. The van der Waals surface area contributed by atoms with Gasteiger partial charge in [-0.2, -0.15) is 0 Å². The van der Waals surface area contributed by atoms with E-state index in [1.54, 1.807) is 31.3 Å². The Morgan fingerprint density at radius 1 is 0.970 bits per heavy atom. The summed E-state index contributed by atoms with van der Waals surface area (Å²) in [4.78, 5) is 18.6. The average molecular weight is 452 g/mol. The number of anilines is 2. The minimum absolute atomic E-state index is 0. The molecule has 1 aliphatic rings. The molecule has 6 heteroatoms. The molecule has 1 saturated heterocycles. The van der Waals surface area contributed by atoms with Crippen LogP contribution in [0.15, 0.2) is 66.7 Å². The minimum atomic E-state index is -0.310. The number of rotatable bonds is 6. The van der Waals surface area contributed by atoms with Gasteiger partial charge in [0.2, 0.25) is 5.91 Å². The summed E-state index contributed by atoms with van der Waals surface area (Å²) in [5.74, 6) is -0.701. The molecule has 4 rings (SSSR count). The third-order valence-electron chi connectivity index (χ3n) is 6.41. The van der Waals surface area contributed by atoms with Crippen LogP contribution in [0.2, 0.25) is 0 Å². The highest BCUT2D eigenvalue weighted by Gasteiger charge is 2.26. The highest BCUT2D eigenvalue weighted by molar-refractivity contribution is 5.94. The van der Waals surface area contributed by atoms with E-state index in [2.05, 4.69) is 9.80 Å². The molecular formula is C27H31F2N3O. The first kappa shape index (κ1) is 22.9. The summed E-state index contributed by atoms with van der Waals surface area (Å²) in [6.07, 6.45) is 1.22. The Kier molecular flexibility index (Phi) is 6.75. The van der Waals surface area contributed by atoms with Gasteiger partial charge in [-0.05, 0) is 67.5 Å². The summed E-state index contributed by atoms with van der Waals surface area (Å²) in [6.45, 7) is 1.62. The maximum atomic E-state index is 14.9. The van der Waals surface area contributed by atoms with Gasteiger partial charge in [-0.1, -0.05) is 36.4 Å². The van der Waals surface area contributed by atoms with Crippen LogP contribution in [0.5, 0.6) is 0 Å². The molecule has 1 fully saturated rings. The number of likely N-dealkylation sites (N-methyl/N-ethyl adjacent to an activating group) is 2.